The van der Waals surface area contributed by atoms with Gasteiger partial charge in [-0.3, -0.25) is 0 Å². The molecule has 0 radical (unpaired) electrons. The Kier molecular flexibility index (Phi) is 14.4. The zero-order chi connectivity index (χ0) is 62.3. The molecule has 0 amide bonds. The lowest BCUT2D eigenvalue weighted by atomic mass is 10.0. The predicted molar refractivity (Wildman–Crippen MR) is 399 cm³/mol. The minimum atomic E-state index is 1.04. The topological polar surface area (TPSA) is 19.6 Å². The first kappa shape index (κ1) is 55.8. The van der Waals surface area contributed by atoms with E-state index >= 15 is 0 Å². The van der Waals surface area contributed by atoms with Crippen LogP contribution >= 0.6 is 11.3 Å². The van der Waals surface area contributed by atoms with Crippen molar-refractivity contribution in [3.63, 3.8) is 0 Å². The lowest BCUT2D eigenvalue weighted by Gasteiger charge is -2.29. The fraction of sp³-hybridized carbons (Fsp3) is 0. The summed E-state index contributed by atoms with van der Waals surface area (Å²) in [6.07, 6.45) is 0. The molecule has 0 unspecified atom stereocenters. The third-order valence-electron chi connectivity index (χ3n) is 18.1. The fourth-order valence-corrected chi connectivity index (χ4v) is 14.7. The van der Waals surface area contributed by atoms with Crippen molar-refractivity contribution in [3.8, 4) is 54.5 Å². The van der Waals surface area contributed by atoms with Crippen molar-refractivity contribution in [2.75, 3.05) is 14.7 Å². The second kappa shape index (κ2) is 24.2. The van der Waals surface area contributed by atoms with E-state index < -0.39 is 0 Å². The number of thiophene rings is 1. The minimum Gasteiger partial charge on any atom is -0.311 e. The van der Waals surface area contributed by atoms with Crippen LogP contribution in [-0.4, -0.2) is 9.13 Å². The number of hydrogen-bond donors (Lipinski definition) is 0. The van der Waals surface area contributed by atoms with Crippen LogP contribution in [0.3, 0.4) is 0 Å². The van der Waals surface area contributed by atoms with Crippen LogP contribution in [-0.2, 0) is 0 Å². The van der Waals surface area contributed by atoms with E-state index in [0.717, 1.165) is 73.7 Å². The first-order chi connectivity index (χ1) is 46.6. The molecule has 17 aromatic rings. The zero-order valence-electron chi connectivity index (χ0n) is 51.4. The van der Waals surface area contributed by atoms with Crippen LogP contribution in [0.4, 0.5) is 51.2 Å². The third-order valence-corrected chi connectivity index (χ3v) is 19.3. The molecule has 94 heavy (non-hydrogen) atoms. The van der Waals surface area contributed by atoms with Gasteiger partial charge in [-0.1, -0.05) is 188 Å². The minimum absolute atomic E-state index is 1.04. The normalized spacial score (nSPS) is 11.4. The number of fused-ring (bicyclic) bond motifs is 6. The van der Waals surface area contributed by atoms with Gasteiger partial charge in [0.25, 0.3) is 0 Å². The number of hydrogen-bond acceptors (Lipinski definition) is 4. The van der Waals surface area contributed by atoms with Gasteiger partial charge in [-0.05, 0) is 215 Å². The number of para-hydroxylation sites is 6. The van der Waals surface area contributed by atoms with Gasteiger partial charge >= 0.3 is 0 Å². The Hall–Kier alpha value is -12.2. The van der Waals surface area contributed by atoms with Crippen molar-refractivity contribution in [1.29, 1.82) is 0 Å². The highest BCUT2D eigenvalue weighted by Crippen LogP contribution is 2.45. The van der Waals surface area contributed by atoms with Crippen molar-refractivity contribution < 1.29 is 0 Å². The fourth-order valence-electron chi connectivity index (χ4n) is 13.6. The Morgan fingerprint density at radius 1 is 0.181 bits per heavy atom. The van der Waals surface area contributed by atoms with E-state index in [1.165, 1.54) is 75.6 Å². The number of benzene rings is 14. The van der Waals surface area contributed by atoms with Crippen molar-refractivity contribution in [1.82, 2.24) is 9.13 Å². The highest BCUT2D eigenvalue weighted by molar-refractivity contribution is 7.18. The van der Waals surface area contributed by atoms with Crippen LogP contribution in [0.25, 0.3) is 98.1 Å². The number of anilines is 9. The molecule has 6 heteroatoms. The SMILES string of the molecule is c1ccc(-c2ccc(-c3ccc(N(c4ccc(N(c5ccccc5)c5ccc(-c6ccc7c(c6)c6ccccc6n7-c6ccccc6)cc5)cc4)c4ccc(N(c5ccccc5)c5ccc(-c6ccc7c(c6)c6ccccc6n7-c6ccccc6)cc5)cc4)cc3)s2)cc1. The summed E-state index contributed by atoms with van der Waals surface area (Å²) < 4.78 is 4.74. The predicted octanol–water partition coefficient (Wildman–Crippen LogP) is 25.0. The van der Waals surface area contributed by atoms with Crippen LogP contribution in [0.1, 0.15) is 0 Å². The smallest absolute Gasteiger partial charge is 0.0541 e. The van der Waals surface area contributed by atoms with Crippen LogP contribution in [0.5, 0.6) is 0 Å². The second-order valence-corrected chi connectivity index (χ2v) is 24.8. The molecule has 0 bridgehead atoms. The summed E-state index contributed by atoms with van der Waals surface area (Å²) in [5, 5.41) is 4.95. The Balaban J connectivity index is 0.707. The van der Waals surface area contributed by atoms with Crippen molar-refractivity contribution in [2.24, 2.45) is 0 Å². The quantitative estimate of drug-likeness (QED) is 0.102. The molecule has 444 valence electrons. The van der Waals surface area contributed by atoms with E-state index in [-0.39, 0.29) is 0 Å². The lowest BCUT2D eigenvalue weighted by Crippen LogP contribution is -2.13. The Morgan fingerprint density at radius 3 is 0.798 bits per heavy atom. The van der Waals surface area contributed by atoms with Gasteiger partial charge in [0.05, 0.1) is 22.1 Å². The van der Waals surface area contributed by atoms with E-state index in [0.29, 0.717) is 0 Å². The van der Waals surface area contributed by atoms with Crippen LogP contribution in [0.15, 0.2) is 370 Å². The molecule has 0 aliphatic carbocycles. The molecule has 0 atom stereocenters. The zero-order valence-corrected chi connectivity index (χ0v) is 52.2. The molecule has 0 aliphatic heterocycles. The highest BCUT2D eigenvalue weighted by Gasteiger charge is 2.21. The van der Waals surface area contributed by atoms with E-state index in [1.54, 1.807) is 0 Å². The van der Waals surface area contributed by atoms with Crippen LogP contribution in [0.2, 0.25) is 0 Å². The van der Waals surface area contributed by atoms with E-state index in [1.807, 2.05) is 11.3 Å². The molecule has 14 aromatic carbocycles. The van der Waals surface area contributed by atoms with Gasteiger partial charge in [-0.15, -0.1) is 11.3 Å². The molecular weight excluding hydrogens is 1160 g/mol. The third kappa shape index (κ3) is 10.3. The van der Waals surface area contributed by atoms with Crippen molar-refractivity contribution >= 4 is 106 Å². The van der Waals surface area contributed by atoms with Gasteiger partial charge in [0.2, 0.25) is 0 Å². The summed E-state index contributed by atoms with van der Waals surface area (Å²) in [5.74, 6) is 0. The van der Waals surface area contributed by atoms with Crippen molar-refractivity contribution in [3.05, 3.63) is 370 Å². The second-order valence-electron chi connectivity index (χ2n) is 23.7. The maximum Gasteiger partial charge on any atom is 0.0541 e. The van der Waals surface area contributed by atoms with E-state index in [9.17, 15) is 0 Å². The Bertz CT molecular complexity index is 5210. The maximum atomic E-state index is 2.37. The standard InChI is InChI=1S/C88H61N5S/c1-6-20-64(21-7-1)87-58-59-88(94-87)65-38-46-74(47-39-65)91(77-52-48-75(49-53-77)89(68-22-8-2-9-23-68)72-42-34-62(35-43-72)66-40-56-85-81(60-66)79-30-16-18-32-83(79)92(85)70-26-12-4-13-27-70)78-54-50-76(51-55-78)90(69-24-10-3-11-25-69)73-44-36-63(37-45-73)67-41-57-86-82(61-67)80-31-17-19-33-84(80)93(86)71-28-14-5-15-29-71/h1-61H. The molecular formula is C88H61N5S. The molecule has 3 heterocycles. The van der Waals surface area contributed by atoms with Gasteiger partial charge in [-0.25, -0.2) is 0 Å². The first-order valence-electron chi connectivity index (χ1n) is 32.0. The van der Waals surface area contributed by atoms with Gasteiger partial charge in [-0.2, -0.15) is 0 Å². The summed E-state index contributed by atoms with van der Waals surface area (Å²) in [6.45, 7) is 0. The molecule has 0 aliphatic rings. The molecule has 17 rings (SSSR count). The summed E-state index contributed by atoms with van der Waals surface area (Å²) in [7, 11) is 0. The van der Waals surface area contributed by atoms with Gasteiger partial charge in [0.15, 0.2) is 0 Å². The summed E-state index contributed by atoms with van der Waals surface area (Å²) in [4.78, 5) is 9.54. The number of aromatic nitrogens is 2. The lowest BCUT2D eigenvalue weighted by molar-refractivity contribution is 1.18. The van der Waals surface area contributed by atoms with Gasteiger partial charge in [0.1, 0.15) is 0 Å². The summed E-state index contributed by atoms with van der Waals surface area (Å²) >= 11 is 1.82. The molecule has 0 saturated heterocycles. The van der Waals surface area contributed by atoms with Gasteiger partial charge in [0, 0.05) is 93.9 Å². The van der Waals surface area contributed by atoms with E-state index in [2.05, 4.69) is 394 Å². The van der Waals surface area contributed by atoms with E-state index in [4.69, 9.17) is 0 Å². The number of rotatable bonds is 15. The van der Waals surface area contributed by atoms with Crippen LogP contribution in [0, 0.1) is 0 Å². The summed E-state index contributed by atoms with van der Waals surface area (Å²) in [5.41, 5.74) is 23.7. The molecule has 0 saturated carbocycles. The van der Waals surface area contributed by atoms with Crippen molar-refractivity contribution in [2.45, 2.75) is 0 Å². The largest absolute Gasteiger partial charge is 0.311 e. The Morgan fingerprint density at radius 2 is 0.436 bits per heavy atom. The monoisotopic (exact) mass is 1220 g/mol. The Labute approximate surface area is 551 Å². The average Bonchev–Trinajstić information content (AvgIpc) is 1.76. The van der Waals surface area contributed by atoms with Gasteiger partial charge < -0.3 is 23.8 Å². The molecule has 3 aromatic heterocycles. The van der Waals surface area contributed by atoms with Crippen LogP contribution < -0.4 is 14.7 Å². The molecule has 0 spiro atoms. The average molecular weight is 1220 g/mol. The molecule has 0 fully saturated rings. The maximum absolute atomic E-state index is 2.37. The molecule has 5 nitrogen and oxygen atoms in total. The number of nitrogens with zero attached hydrogens (tertiary/aromatic N) is 5. The first-order valence-corrected chi connectivity index (χ1v) is 32.8. The molecule has 0 N–H and O–H groups in total. The summed E-state index contributed by atoms with van der Waals surface area (Å²) in [6, 6.07) is 134. The highest BCUT2D eigenvalue weighted by atomic mass is 32.1.